The Balaban J connectivity index is 0. The summed E-state index contributed by atoms with van der Waals surface area (Å²) in [6.45, 7) is 2.05. The normalized spacial score (nSPS) is 6.78. The molecule has 1 radical (unpaired) electrons. The van der Waals surface area contributed by atoms with Gasteiger partial charge in [-0.05, 0) is 13.0 Å². The van der Waals surface area contributed by atoms with Crippen LogP contribution < -0.4 is 24.0 Å². The molecule has 0 unspecified atom stereocenters. The van der Waals surface area contributed by atoms with Crippen molar-refractivity contribution in [2.45, 2.75) is 6.92 Å². The molecule has 0 atom stereocenters. The van der Waals surface area contributed by atoms with Crippen molar-refractivity contribution < 1.29 is 43.5 Å². The van der Waals surface area contributed by atoms with Crippen LogP contribution in [-0.4, -0.2) is 0 Å². The van der Waals surface area contributed by atoms with Gasteiger partial charge in [0.25, 0.3) is 0 Å². The fourth-order valence-corrected chi connectivity index (χ4v) is 0.483. The molecule has 0 bridgehead atoms. The second-order valence-electron chi connectivity index (χ2n) is 1.58. The van der Waals surface area contributed by atoms with E-state index in [0.717, 1.165) is 0 Å². The molecule has 9 heavy (non-hydrogen) atoms. The van der Waals surface area contributed by atoms with Gasteiger partial charge in [-0.1, -0.05) is 29.8 Å². The van der Waals surface area contributed by atoms with Gasteiger partial charge in [0.2, 0.25) is 0 Å². The Labute approximate surface area is 85.8 Å². The predicted octanol–water partition coefficient (Wildman–Crippen LogP) is -1.20. The van der Waals surface area contributed by atoms with E-state index < -0.39 is 0 Å². The largest absolute Gasteiger partial charge is 1.00 e. The monoisotopic (exact) mass is 282 g/mol. The number of halogens is 1. The fraction of sp³-hybridized carbons (Fsp3) is 0.143. The molecule has 1 rings (SSSR count). The smallest absolute Gasteiger partial charge is 0 e. The maximum atomic E-state index is 2.96. The van der Waals surface area contributed by atoms with E-state index in [1.807, 2.05) is 18.2 Å². The third-order valence-corrected chi connectivity index (χ3v) is 0.863. The first-order valence-corrected chi connectivity index (χ1v) is 2.32. The van der Waals surface area contributed by atoms with Gasteiger partial charge < -0.3 is 24.0 Å². The van der Waals surface area contributed by atoms with Crippen molar-refractivity contribution >= 4 is 0 Å². The van der Waals surface area contributed by atoms with Gasteiger partial charge in [0, 0.05) is 19.5 Å². The first-order valence-electron chi connectivity index (χ1n) is 2.32. The molecule has 1 aromatic rings. The maximum Gasteiger partial charge on any atom is 0 e. The van der Waals surface area contributed by atoms with Crippen LogP contribution in [0.25, 0.3) is 0 Å². The van der Waals surface area contributed by atoms with Crippen LogP contribution in [-0.2, 0) is 19.5 Å². The summed E-state index contributed by atoms with van der Waals surface area (Å²) in [7, 11) is 0. The second kappa shape index (κ2) is 6.69. The minimum absolute atomic E-state index is 0. The number of hydrogen-bond acceptors (Lipinski definition) is 0. The maximum absolute atomic E-state index is 2.96. The van der Waals surface area contributed by atoms with E-state index in [1.165, 1.54) is 5.56 Å². The summed E-state index contributed by atoms with van der Waals surface area (Å²) in [6.07, 6.45) is 0. The second-order valence-corrected chi connectivity index (χ2v) is 1.58. The van der Waals surface area contributed by atoms with Gasteiger partial charge in [-0.25, -0.2) is 0 Å². The summed E-state index contributed by atoms with van der Waals surface area (Å²) >= 11 is 0. The molecule has 0 saturated carbocycles. The van der Waals surface area contributed by atoms with Crippen molar-refractivity contribution in [2.75, 3.05) is 0 Å². The number of hydrogen-bond donors (Lipinski definition) is 0. The van der Waals surface area contributed by atoms with Gasteiger partial charge in [0.05, 0.1) is 0 Å². The molecule has 0 fully saturated rings. The average molecular weight is 283 g/mol. The molecule has 0 heterocycles. The first-order chi connectivity index (χ1) is 3.39. The molecule has 0 aliphatic carbocycles. The fourth-order valence-electron chi connectivity index (χ4n) is 0.483. The molecule has 0 aromatic heterocycles. The van der Waals surface area contributed by atoms with Crippen LogP contribution in [0.15, 0.2) is 24.3 Å². The molecule has 0 saturated heterocycles. The van der Waals surface area contributed by atoms with Crippen LogP contribution in [0.1, 0.15) is 5.56 Å². The molecule has 0 spiro atoms. The summed E-state index contributed by atoms with van der Waals surface area (Å²) < 4.78 is 0. The molecule has 1 aromatic carbocycles. The van der Waals surface area contributed by atoms with E-state index in [-0.39, 0.29) is 43.5 Å². The summed E-state index contributed by atoms with van der Waals surface area (Å²) in [6, 6.07) is 10.8. The molecule has 0 aliphatic rings. The van der Waals surface area contributed by atoms with E-state index in [1.54, 1.807) is 0 Å². The van der Waals surface area contributed by atoms with Crippen LogP contribution in [0.2, 0.25) is 0 Å². The molecular formula is C7H7IZn-. The molecule has 2 heteroatoms. The summed E-state index contributed by atoms with van der Waals surface area (Å²) in [5.41, 5.74) is 1.27. The Bertz CT molecular complexity index is 139. The van der Waals surface area contributed by atoms with E-state index in [4.69, 9.17) is 0 Å². The van der Waals surface area contributed by atoms with Crippen molar-refractivity contribution in [3.63, 3.8) is 0 Å². The summed E-state index contributed by atoms with van der Waals surface area (Å²) in [5, 5.41) is 0. The zero-order chi connectivity index (χ0) is 5.11. The molecule has 0 nitrogen and oxygen atoms in total. The average Bonchev–Trinajstić information content (AvgIpc) is 1.69. The van der Waals surface area contributed by atoms with Gasteiger partial charge in [0.1, 0.15) is 0 Å². The van der Waals surface area contributed by atoms with Crippen LogP contribution in [0.3, 0.4) is 0 Å². The Kier molecular flexibility index (Phi) is 9.12. The quantitative estimate of drug-likeness (QED) is 0.414. The first kappa shape index (κ1) is 12.3. The van der Waals surface area contributed by atoms with Gasteiger partial charge >= 0.3 is 0 Å². The molecule has 0 amide bonds. The molecule has 0 N–H and O–H groups in total. The van der Waals surface area contributed by atoms with Crippen molar-refractivity contribution in [2.24, 2.45) is 0 Å². The number of aryl methyl sites for hydroxylation is 1. The third kappa shape index (κ3) is 5.04. The molecule has 45 valence electrons. The summed E-state index contributed by atoms with van der Waals surface area (Å²) in [4.78, 5) is 0. The van der Waals surface area contributed by atoms with E-state index in [2.05, 4.69) is 19.1 Å². The molecule has 0 aliphatic heterocycles. The van der Waals surface area contributed by atoms with E-state index in [9.17, 15) is 0 Å². The van der Waals surface area contributed by atoms with Gasteiger partial charge in [-0.15, -0.1) is 0 Å². The van der Waals surface area contributed by atoms with Gasteiger partial charge in [0.15, 0.2) is 0 Å². The minimum Gasteiger partial charge on any atom is -1.00 e. The van der Waals surface area contributed by atoms with Crippen LogP contribution in [0.5, 0.6) is 0 Å². The Hall–Kier alpha value is 0.573. The zero-order valence-corrected chi connectivity index (χ0v) is 10.5. The van der Waals surface area contributed by atoms with E-state index in [0.29, 0.717) is 0 Å². The molecular weight excluding hydrogens is 276 g/mol. The van der Waals surface area contributed by atoms with Crippen molar-refractivity contribution in [1.82, 2.24) is 0 Å². The van der Waals surface area contributed by atoms with Crippen molar-refractivity contribution in [3.05, 3.63) is 35.9 Å². The van der Waals surface area contributed by atoms with Crippen molar-refractivity contribution in [1.29, 1.82) is 0 Å². The van der Waals surface area contributed by atoms with Gasteiger partial charge in [-0.2, -0.15) is 0 Å². The number of rotatable bonds is 0. The Morgan fingerprint density at radius 1 is 1.44 bits per heavy atom. The van der Waals surface area contributed by atoms with Gasteiger partial charge in [-0.3, -0.25) is 0 Å². The van der Waals surface area contributed by atoms with Crippen molar-refractivity contribution in [3.8, 4) is 0 Å². The SMILES string of the molecule is Cc1c[c]ccc1.[I-].[Zn]. The predicted molar refractivity (Wildman–Crippen MR) is 30.0 cm³/mol. The standard InChI is InChI=1S/C7H7.HI.Zn/c1-7-5-3-2-4-6-7;;/h2-3,5-6H,1H3;1H;/p-1. The Morgan fingerprint density at radius 3 is 2.33 bits per heavy atom. The van der Waals surface area contributed by atoms with Crippen LogP contribution in [0.4, 0.5) is 0 Å². The van der Waals surface area contributed by atoms with Crippen LogP contribution >= 0.6 is 0 Å². The van der Waals surface area contributed by atoms with E-state index >= 15 is 0 Å². The number of benzene rings is 1. The third-order valence-electron chi connectivity index (χ3n) is 0.863. The topological polar surface area (TPSA) is 0 Å². The summed E-state index contributed by atoms with van der Waals surface area (Å²) in [5.74, 6) is 0. The Morgan fingerprint density at radius 2 is 2.11 bits per heavy atom. The zero-order valence-electron chi connectivity index (χ0n) is 5.39. The van der Waals surface area contributed by atoms with Crippen LogP contribution in [0, 0.1) is 13.0 Å². The minimum atomic E-state index is 0.